The van der Waals surface area contributed by atoms with E-state index in [-0.39, 0.29) is 12.7 Å². The number of aryl methyl sites for hydroxylation is 1. The molecule has 154 valence electrons. The number of pyridine rings is 2. The maximum Gasteiger partial charge on any atom is 0.216 e. The van der Waals surface area contributed by atoms with E-state index < -0.39 is 0 Å². The number of aromatic nitrogens is 2. The summed E-state index contributed by atoms with van der Waals surface area (Å²) in [6.45, 7) is 3.48. The van der Waals surface area contributed by atoms with E-state index in [1.165, 1.54) is 0 Å². The van der Waals surface area contributed by atoms with Crippen LogP contribution in [0.1, 0.15) is 23.2 Å². The van der Waals surface area contributed by atoms with Crippen LogP contribution >= 0.6 is 0 Å². The van der Waals surface area contributed by atoms with Gasteiger partial charge in [0, 0.05) is 49.1 Å². The van der Waals surface area contributed by atoms with Gasteiger partial charge in [0.2, 0.25) is 5.88 Å². The maximum atomic E-state index is 10.0. The van der Waals surface area contributed by atoms with Crippen LogP contribution in [0.4, 0.5) is 5.69 Å². The third-order valence-corrected chi connectivity index (χ3v) is 5.33. The summed E-state index contributed by atoms with van der Waals surface area (Å²) in [4.78, 5) is 15.5. The zero-order chi connectivity index (χ0) is 20.9. The average molecular weight is 402 g/mol. The number of hydrogen-bond donors (Lipinski definition) is 1. The number of aliphatic hydroxyl groups excluding tert-OH is 1. The van der Waals surface area contributed by atoms with Crippen LogP contribution in [0.15, 0.2) is 59.7 Å². The molecule has 1 aliphatic rings. The van der Waals surface area contributed by atoms with E-state index in [1.54, 1.807) is 13.2 Å². The Labute approximate surface area is 176 Å². The first-order valence-electron chi connectivity index (χ1n) is 10.1. The zero-order valence-corrected chi connectivity index (χ0v) is 17.3. The Bertz CT molecular complexity index is 1050. The maximum absolute atomic E-state index is 10.0. The van der Waals surface area contributed by atoms with Crippen LogP contribution in [0, 0.1) is 6.92 Å². The fourth-order valence-corrected chi connectivity index (χ4v) is 3.83. The molecule has 30 heavy (non-hydrogen) atoms. The number of rotatable bonds is 6. The highest BCUT2D eigenvalue weighted by Crippen LogP contribution is 2.29. The van der Waals surface area contributed by atoms with Gasteiger partial charge in [0.25, 0.3) is 0 Å². The third kappa shape index (κ3) is 4.19. The highest BCUT2D eigenvalue weighted by atomic mass is 16.5. The van der Waals surface area contributed by atoms with E-state index in [0.717, 1.165) is 47.6 Å². The second kappa shape index (κ2) is 9.05. The molecule has 1 atom stereocenters. The summed E-state index contributed by atoms with van der Waals surface area (Å²) in [5.74, 6) is 0.689. The van der Waals surface area contributed by atoms with Gasteiger partial charge in [-0.25, -0.2) is 9.97 Å². The van der Waals surface area contributed by atoms with Crippen LogP contribution in [0.25, 0.3) is 11.3 Å². The van der Waals surface area contributed by atoms with E-state index in [0.29, 0.717) is 11.6 Å². The third-order valence-electron chi connectivity index (χ3n) is 5.33. The van der Waals surface area contributed by atoms with Crippen LogP contribution in [0.2, 0.25) is 0 Å². The lowest BCUT2D eigenvalue weighted by atomic mass is 10.0. The molecule has 3 heterocycles. The molecule has 1 fully saturated rings. The molecular weight excluding hydrogens is 376 g/mol. The van der Waals surface area contributed by atoms with Crippen molar-refractivity contribution in [2.75, 3.05) is 25.0 Å². The van der Waals surface area contributed by atoms with Crippen LogP contribution in [0.3, 0.4) is 0 Å². The number of ether oxygens (including phenoxy) is 1. The average Bonchev–Trinajstić information content (AvgIpc) is 3.24. The van der Waals surface area contributed by atoms with Crippen molar-refractivity contribution in [3.8, 4) is 17.1 Å². The molecule has 0 amide bonds. The highest BCUT2D eigenvalue weighted by Gasteiger charge is 2.27. The fraction of sp³-hybridized carbons (Fsp3) is 0.292. The van der Waals surface area contributed by atoms with Gasteiger partial charge in [-0.05, 0) is 25.1 Å². The molecule has 1 aliphatic heterocycles. The van der Waals surface area contributed by atoms with Gasteiger partial charge in [0.1, 0.15) is 6.10 Å². The molecule has 3 aromatic rings. The van der Waals surface area contributed by atoms with E-state index in [4.69, 9.17) is 9.72 Å². The summed E-state index contributed by atoms with van der Waals surface area (Å²) in [5.41, 5.74) is 5.49. The van der Waals surface area contributed by atoms with Gasteiger partial charge in [-0.15, -0.1) is 0 Å². The normalized spacial score (nSPS) is 16.4. The summed E-state index contributed by atoms with van der Waals surface area (Å²) in [6, 6.07) is 16.0. The minimum absolute atomic E-state index is 0.0614. The lowest BCUT2D eigenvalue weighted by Crippen LogP contribution is -2.26. The molecule has 2 aromatic heterocycles. The second-order valence-electron chi connectivity index (χ2n) is 7.39. The van der Waals surface area contributed by atoms with Gasteiger partial charge < -0.3 is 14.7 Å². The molecule has 1 saturated heterocycles. The van der Waals surface area contributed by atoms with Gasteiger partial charge in [0.15, 0.2) is 0 Å². The number of hydrogen-bond acceptors (Lipinski definition) is 6. The van der Waals surface area contributed by atoms with Crippen molar-refractivity contribution < 1.29 is 9.84 Å². The zero-order valence-electron chi connectivity index (χ0n) is 17.3. The van der Waals surface area contributed by atoms with Crippen molar-refractivity contribution in [3.63, 3.8) is 0 Å². The minimum Gasteiger partial charge on any atom is -0.472 e. The van der Waals surface area contributed by atoms with Crippen molar-refractivity contribution in [2.24, 2.45) is 4.99 Å². The van der Waals surface area contributed by atoms with Crippen molar-refractivity contribution in [3.05, 3.63) is 71.5 Å². The quantitative estimate of drug-likeness (QED) is 0.638. The predicted octanol–water partition coefficient (Wildman–Crippen LogP) is 3.65. The Morgan fingerprint density at radius 2 is 2.07 bits per heavy atom. The summed E-state index contributed by atoms with van der Waals surface area (Å²) in [6.07, 6.45) is 4.54. The summed E-state index contributed by atoms with van der Waals surface area (Å²) in [5, 5.41) is 10.0. The molecule has 0 unspecified atom stereocenters. The SMILES string of the molecule is CN=Cc1ccccc1-c1ccc(N2CC[C@H](Oc3ncccc3C)C2)c(CO)n1. The Hall–Kier alpha value is -3.25. The van der Waals surface area contributed by atoms with Crippen LogP contribution in [-0.2, 0) is 6.61 Å². The van der Waals surface area contributed by atoms with Crippen LogP contribution in [0.5, 0.6) is 5.88 Å². The number of nitrogens with zero attached hydrogens (tertiary/aromatic N) is 4. The molecular formula is C24H26N4O2. The first-order chi connectivity index (χ1) is 14.7. The van der Waals surface area contributed by atoms with Crippen molar-refractivity contribution in [2.45, 2.75) is 26.1 Å². The van der Waals surface area contributed by atoms with E-state index in [2.05, 4.69) is 14.9 Å². The van der Waals surface area contributed by atoms with Gasteiger partial charge in [0.05, 0.1) is 30.2 Å². The highest BCUT2D eigenvalue weighted by molar-refractivity contribution is 5.89. The molecule has 4 rings (SSSR count). The van der Waals surface area contributed by atoms with Crippen molar-refractivity contribution >= 4 is 11.9 Å². The van der Waals surface area contributed by atoms with E-state index in [1.807, 2.05) is 61.7 Å². The summed E-state index contributed by atoms with van der Waals surface area (Å²) < 4.78 is 6.12. The molecule has 0 radical (unpaired) electrons. The lowest BCUT2D eigenvalue weighted by molar-refractivity contribution is 0.214. The van der Waals surface area contributed by atoms with Gasteiger partial charge in [-0.3, -0.25) is 4.99 Å². The Morgan fingerprint density at radius 3 is 2.87 bits per heavy atom. The topological polar surface area (TPSA) is 70.8 Å². The number of aliphatic hydroxyl groups is 1. The molecule has 1 aromatic carbocycles. The fourth-order valence-electron chi connectivity index (χ4n) is 3.83. The van der Waals surface area contributed by atoms with Gasteiger partial charge >= 0.3 is 0 Å². The predicted molar refractivity (Wildman–Crippen MR) is 119 cm³/mol. The number of anilines is 1. The van der Waals surface area contributed by atoms with E-state index in [9.17, 15) is 5.11 Å². The standard InChI is InChI=1S/C24H26N4O2/c1-17-6-5-12-26-24(17)30-19-11-13-28(15-19)23-10-9-21(27-22(23)16-29)20-8-4-3-7-18(20)14-25-2/h3-10,12,14,19,29H,11,13,15-16H2,1-2H3/t19-/m0/s1. The smallest absolute Gasteiger partial charge is 0.216 e. The Kier molecular flexibility index (Phi) is 6.05. The largest absolute Gasteiger partial charge is 0.472 e. The lowest BCUT2D eigenvalue weighted by Gasteiger charge is -2.22. The summed E-state index contributed by atoms with van der Waals surface area (Å²) in [7, 11) is 1.75. The Morgan fingerprint density at radius 1 is 1.20 bits per heavy atom. The van der Waals surface area contributed by atoms with Crippen molar-refractivity contribution in [1.29, 1.82) is 0 Å². The van der Waals surface area contributed by atoms with Crippen LogP contribution in [-0.4, -0.2) is 47.5 Å². The van der Waals surface area contributed by atoms with Crippen LogP contribution < -0.4 is 9.64 Å². The molecule has 0 bridgehead atoms. The summed E-state index contributed by atoms with van der Waals surface area (Å²) >= 11 is 0. The minimum atomic E-state index is -0.116. The molecule has 0 saturated carbocycles. The molecule has 1 N–H and O–H groups in total. The van der Waals surface area contributed by atoms with E-state index >= 15 is 0 Å². The number of benzene rings is 1. The molecule has 0 aliphatic carbocycles. The second-order valence-corrected chi connectivity index (χ2v) is 7.39. The first kappa shape index (κ1) is 20.0. The van der Waals surface area contributed by atoms with Gasteiger partial charge in [-0.2, -0.15) is 0 Å². The van der Waals surface area contributed by atoms with Gasteiger partial charge in [-0.1, -0.05) is 30.3 Å². The molecule has 0 spiro atoms. The number of aliphatic imine (C=N–C) groups is 1. The van der Waals surface area contributed by atoms with Crippen molar-refractivity contribution in [1.82, 2.24) is 9.97 Å². The molecule has 6 nitrogen and oxygen atoms in total. The first-order valence-corrected chi connectivity index (χ1v) is 10.1. The monoisotopic (exact) mass is 402 g/mol. The molecule has 6 heteroatoms. The Balaban J connectivity index is 1.55.